The van der Waals surface area contributed by atoms with Crippen LogP contribution >= 0.6 is 11.3 Å². The van der Waals surface area contributed by atoms with Crippen molar-refractivity contribution in [1.82, 2.24) is 16.0 Å². The third kappa shape index (κ3) is 6.56. The normalized spacial score (nSPS) is 11.2. The number of nitrogens with zero attached hydrogens (tertiary/aromatic N) is 1. The number of amides is 1. The van der Waals surface area contributed by atoms with Crippen LogP contribution < -0.4 is 16.0 Å². The van der Waals surface area contributed by atoms with E-state index in [-0.39, 0.29) is 5.91 Å². The Morgan fingerprint density at radius 3 is 2.65 bits per heavy atom. The van der Waals surface area contributed by atoms with E-state index in [1.807, 2.05) is 6.92 Å². The minimum atomic E-state index is 0.0729. The fourth-order valence-electron chi connectivity index (χ4n) is 1.62. The highest BCUT2D eigenvalue weighted by Gasteiger charge is 2.02. The molecule has 1 aromatic rings. The predicted octanol–water partition coefficient (Wildman–Crippen LogP) is 1.64. The quantitative estimate of drug-likeness (QED) is 0.529. The van der Waals surface area contributed by atoms with E-state index in [1.165, 1.54) is 9.75 Å². The number of aryl methyl sites for hydroxylation is 1. The number of carbonyl (C=O) groups is 1. The third-order valence-corrected chi connectivity index (χ3v) is 3.67. The summed E-state index contributed by atoms with van der Waals surface area (Å²) in [6.45, 7) is 6.20. The van der Waals surface area contributed by atoms with Gasteiger partial charge >= 0.3 is 0 Å². The molecule has 0 fully saturated rings. The predicted molar refractivity (Wildman–Crippen MR) is 85.2 cm³/mol. The van der Waals surface area contributed by atoms with Gasteiger partial charge in [0.15, 0.2) is 5.96 Å². The molecule has 0 aliphatic heterocycles. The largest absolute Gasteiger partial charge is 0.356 e. The minimum Gasteiger partial charge on any atom is -0.356 e. The Balaban J connectivity index is 2.21. The highest BCUT2D eigenvalue weighted by atomic mass is 32.1. The Morgan fingerprint density at radius 2 is 2.05 bits per heavy atom. The van der Waals surface area contributed by atoms with Crippen LogP contribution in [0.25, 0.3) is 0 Å². The first-order valence-corrected chi connectivity index (χ1v) is 7.74. The van der Waals surface area contributed by atoms with Gasteiger partial charge in [0.05, 0.1) is 6.54 Å². The fraction of sp³-hybridized carbons (Fsp3) is 0.571. The molecule has 3 N–H and O–H groups in total. The van der Waals surface area contributed by atoms with Crippen molar-refractivity contribution in [2.75, 3.05) is 20.1 Å². The lowest BCUT2D eigenvalue weighted by molar-refractivity contribution is -0.120. The smallest absolute Gasteiger partial charge is 0.221 e. The molecule has 20 heavy (non-hydrogen) atoms. The first kappa shape index (κ1) is 16.5. The Kier molecular flexibility index (Phi) is 7.72. The maximum Gasteiger partial charge on any atom is 0.221 e. The molecule has 0 aliphatic rings. The van der Waals surface area contributed by atoms with Gasteiger partial charge in [-0.25, -0.2) is 0 Å². The minimum absolute atomic E-state index is 0.0729. The van der Waals surface area contributed by atoms with Gasteiger partial charge in [0.25, 0.3) is 0 Å². The number of carbonyl (C=O) groups excluding carboxylic acids is 1. The molecule has 1 rings (SSSR count). The summed E-state index contributed by atoms with van der Waals surface area (Å²) < 4.78 is 0. The van der Waals surface area contributed by atoms with Gasteiger partial charge in [-0.2, -0.15) is 0 Å². The summed E-state index contributed by atoms with van der Waals surface area (Å²) in [5, 5.41) is 9.22. The molecule has 1 heterocycles. The average Bonchev–Trinajstić information content (AvgIpc) is 2.86. The first-order chi connectivity index (χ1) is 9.65. The second-order valence-corrected chi connectivity index (χ2v) is 5.84. The number of rotatable bonds is 7. The molecule has 6 heteroatoms. The van der Waals surface area contributed by atoms with Gasteiger partial charge < -0.3 is 16.0 Å². The Hall–Kier alpha value is -1.56. The maximum absolute atomic E-state index is 11.4. The molecule has 0 bridgehead atoms. The molecule has 1 aromatic heterocycles. The molecular formula is C14H24N4OS. The van der Waals surface area contributed by atoms with E-state index in [0.29, 0.717) is 13.0 Å². The van der Waals surface area contributed by atoms with Gasteiger partial charge in [0.2, 0.25) is 5.91 Å². The van der Waals surface area contributed by atoms with Crippen LogP contribution in [-0.2, 0) is 11.3 Å². The maximum atomic E-state index is 11.4. The van der Waals surface area contributed by atoms with Gasteiger partial charge in [0, 0.05) is 36.3 Å². The van der Waals surface area contributed by atoms with Crippen molar-refractivity contribution in [3.8, 4) is 0 Å². The summed E-state index contributed by atoms with van der Waals surface area (Å²) >= 11 is 1.77. The van der Waals surface area contributed by atoms with Crippen LogP contribution in [-0.4, -0.2) is 32.0 Å². The van der Waals surface area contributed by atoms with E-state index in [0.717, 1.165) is 25.5 Å². The van der Waals surface area contributed by atoms with Crippen molar-refractivity contribution >= 4 is 23.2 Å². The molecule has 0 spiro atoms. The topological polar surface area (TPSA) is 65.5 Å². The Morgan fingerprint density at radius 1 is 1.25 bits per heavy atom. The zero-order valence-corrected chi connectivity index (χ0v) is 13.3. The lowest BCUT2D eigenvalue weighted by Crippen LogP contribution is -2.38. The molecule has 0 saturated carbocycles. The average molecular weight is 296 g/mol. The van der Waals surface area contributed by atoms with Crippen LogP contribution in [0.4, 0.5) is 0 Å². The van der Waals surface area contributed by atoms with Gasteiger partial charge in [-0.15, -0.1) is 11.3 Å². The van der Waals surface area contributed by atoms with Gasteiger partial charge in [-0.05, 0) is 25.5 Å². The van der Waals surface area contributed by atoms with Crippen molar-refractivity contribution in [2.45, 2.75) is 33.2 Å². The summed E-state index contributed by atoms with van der Waals surface area (Å²) in [6, 6.07) is 4.22. The van der Waals surface area contributed by atoms with Crippen molar-refractivity contribution < 1.29 is 4.79 Å². The van der Waals surface area contributed by atoms with Gasteiger partial charge in [-0.1, -0.05) is 6.92 Å². The van der Waals surface area contributed by atoms with E-state index in [1.54, 1.807) is 18.4 Å². The van der Waals surface area contributed by atoms with E-state index in [9.17, 15) is 4.79 Å². The summed E-state index contributed by atoms with van der Waals surface area (Å²) in [4.78, 5) is 18.2. The van der Waals surface area contributed by atoms with Crippen LogP contribution in [0, 0.1) is 6.92 Å². The Bertz CT molecular complexity index is 442. The van der Waals surface area contributed by atoms with Crippen LogP contribution in [0.15, 0.2) is 17.1 Å². The SMILES string of the molecule is CCCNC(=O)CCNC(=NC)NCc1ccc(C)s1. The van der Waals surface area contributed by atoms with Crippen molar-refractivity contribution in [2.24, 2.45) is 4.99 Å². The molecule has 0 atom stereocenters. The number of thiophene rings is 1. The Labute approximate surface area is 124 Å². The highest BCUT2D eigenvalue weighted by molar-refractivity contribution is 7.11. The summed E-state index contributed by atoms with van der Waals surface area (Å²) in [5.41, 5.74) is 0. The van der Waals surface area contributed by atoms with Crippen LogP contribution in [0.3, 0.4) is 0 Å². The lowest BCUT2D eigenvalue weighted by Gasteiger charge is -2.11. The van der Waals surface area contributed by atoms with Gasteiger partial charge in [0.1, 0.15) is 0 Å². The second kappa shape index (κ2) is 9.36. The number of aliphatic imine (C=N–C) groups is 1. The molecule has 0 unspecified atom stereocenters. The van der Waals surface area contributed by atoms with E-state index in [2.05, 4.69) is 40.0 Å². The highest BCUT2D eigenvalue weighted by Crippen LogP contribution is 2.14. The lowest BCUT2D eigenvalue weighted by atomic mass is 10.4. The number of guanidine groups is 1. The first-order valence-electron chi connectivity index (χ1n) is 6.92. The molecule has 112 valence electrons. The van der Waals surface area contributed by atoms with E-state index >= 15 is 0 Å². The van der Waals surface area contributed by atoms with Crippen molar-refractivity contribution in [3.05, 3.63) is 21.9 Å². The fourth-order valence-corrected chi connectivity index (χ4v) is 2.45. The standard InChI is InChI=1S/C14H24N4OS/c1-4-8-16-13(19)7-9-17-14(15-3)18-10-12-6-5-11(2)20-12/h5-6H,4,7-10H2,1-3H3,(H,16,19)(H2,15,17,18). The van der Waals surface area contributed by atoms with Crippen LogP contribution in [0.1, 0.15) is 29.5 Å². The molecular weight excluding hydrogens is 272 g/mol. The number of nitrogens with one attached hydrogen (secondary N) is 3. The zero-order valence-electron chi connectivity index (χ0n) is 12.5. The number of hydrogen-bond acceptors (Lipinski definition) is 3. The molecule has 0 aliphatic carbocycles. The molecule has 0 radical (unpaired) electrons. The summed E-state index contributed by atoms with van der Waals surface area (Å²) in [5.74, 6) is 0.794. The number of hydrogen-bond donors (Lipinski definition) is 3. The molecule has 0 aromatic carbocycles. The van der Waals surface area contributed by atoms with Crippen LogP contribution in [0.2, 0.25) is 0 Å². The van der Waals surface area contributed by atoms with Crippen molar-refractivity contribution in [1.29, 1.82) is 0 Å². The van der Waals surface area contributed by atoms with Gasteiger partial charge in [-0.3, -0.25) is 9.79 Å². The van der Waals surface area contributed by atoms with E-state index in [4.69, 9.17) is 0 Å². The van der Waals surface area contributed by atoms with E-state index < -0.39 is 0 Å². The molecule has 0 saturated heterocycles. The second-order valence-electron chi connectivity index (χ2n) is 4.46. The monoisotopic (exact) mass is 296 g/mol. The summed E-state index contributed by atoms with van der Waals surface area (Å²) in [6.07, 6.45) is 1.42. The third-order valence-electron chi connectivity index (χ3n) is 2.67. The molecule has 1 amide bonds. The summed E-state index contributed by atoms with van der Waals surface area (Å²) in [7, 11) is 1.73. The molecule has 5 nitrogen and oxygen atoms in total. The zero-order chi connectivity index (χ0) is 14.8. The van der Waals surface area contributed by atoms with Crippen LogP contribution in [0.5, 0.6) is 0 Å². The van der Waals surface area contributed by atoms with Crippen molar-refractivity contribution in [3.63, 3.8) is 0 Å².